The molecule has 0 amide bonds. The lowest BCUT2D eigenvalue weighted by molar-refractivity contribution is 0.101. The molecule has 0 aliphatic carbocycles. The number of aromatic hydroxyl groups is 1. The van der Waals surface area contributed by atoms with Gasteiger partial charge in [0.1, 0.15) is 23.8 Å². The van der Waals surface area contributed by atoms with Gasteiger partial charge in [0.2, 0.25) is 0 Å². The van der Waals surface area contributed by atoms with Crippen LogP contribution >= 0.6 is 0 Å². The first kappa shape index (κ1) is 18.5. The number of halogens is 1. The summed E-state index contributed by atoms with van der Waals surface area (Å²) in [7, 11) is 0. The number of para-hydroxylation sites is 1. The van der Waals surface area contributed by atoms with E-state index in [1.807, 2.05) is 24.3 Å². The Balaban J connectivity index is 1.31. The Morgan fingerprint density at radius 1 is 1.26 bits per heavy atom. The Hall–Kier alpha value is -3.23. The number of rotatable bonds is 5. The molecule has 4 heterocycles. The van der Waals surface area contributed by atoms with Gasteiger partial charge in [0.05, 0.1) is 11.3 Å². The lowest BCUT2D eigenvalue weighted by Crippen LogP contribution is -2.44. The number of piperazine rings is 1. The molecule has 2 saturated heterocycles. The number of aromatic nitrogens is 1. The van der Waals surface area contributed by atoms with E-state index in [1.54, 1.807) is 6.07 Å². The van der Waals surface area contributed by atoms with Crippen molar-refractivity contribution in [3.63, 3.8) is 0 Å². The molecule has 2 aromatic carbocycles. The van der Waals surface area contributed by atoms with Gasteiger partial charge < -0.3 is 20.2 Å². The Morgan fingerprint density at radius 3 is 3.00 bits per heavy atom. The van der Waals surface area contributed by atoms with Crippen LogP contribution < -0.4 is 5.32 Å². The van der Waals surface area contributed by atoms with Gasteiger partial charge in [-0.05, 0) is 30.7 Å². The molecule has 7 nitrogen and oxygen atoms in total. The van der Waals surface area contributed by atoms with E-state index in [4.69, 9.17) is 4.84 Å². The number of nitrogens with zero attached hydrogens (tertiary/aromatic N) is 3. The van der Waals surface area contributed by atoms with E-state index in [9.17, 15) is 9.50 Å². The van der Waals surface area contributed by atoms with Gasteiger partial charge in [0, 0.05) is 48.2 Å². The first-order valence-electron chi connectivity index (χ1n) is 10.5. The van der Waals surface area contributed by atoms with Gasteiger partial charge in [0.25, 0.3) is 0 Å². The predicted molar refractivity (Wildman–Crippen MR) is 117 cm³/mol. The molecule has 0 spiro atoms. The maximum absolute atomic E-state index is 13.9. The van der Waals surface area contributed by atoms with E-state index in [1.165, 1.54) is 18.6 Å². The summed E-state index contributed by atoms with van der Waals surface area (Å²) in [5, 5.41) is 19.1. The average molecular weight is 419 g/mol. The predicted octanol–water partition coefficient (Wildman–Crippen LogP) is 2.91. The van der Waals surface area contributed by atoms with Crippen molar-refractivity contribution in [3.05, 3.63) is 59.4 Å². The zero-order valence-corrected chi connectivity index (χ0v) is 16.8. The number of hydrogen-bond acceptors (Lipinski definition) is 6. The van der Waals surface area contributed by atoms with Crippen LogP contribution in [0.5, 0.6) is 5.88 Å². The Morgan fingerprint density at radius 2 is 2.16 bits per heavy atom. The summed E-state index contributed by atoms with van der Waals surface area (Å²) in [6.45, 7) is 3.38. The van der Waals surface area contributed by atoms with E-state index >= 15 is 0 Å². The number of nitrogens with one attached hydrogen (secondary N) is 2. The Kier molecular flexibility index (Phi) is 4.29. The van der Waals surface area contributed by atoms with Gasteiger partial charge in [-0.25, -0.2) is 9.38 Å². The number of likely N-dealkylation sites (tertiary alicyclic amines) is 1. The highest BCUT2D eigenvalue weighted by Crippen LogP contribution is 2.36. The largest absolute Gasteiger partial charge is 0.494 e. The van der Waals surface area contributed by atoms with Crippen LogP contribution in [0.4, 0.5) is 10.1 Å². The van der Waals surface area contributed by atoms with Gasteiger partial charge in [0.15, 0.2) is 5.88 Å². The van der Waals surface area contributed by atoms with Crippen LogP contribution in [0.2, 0.25) is 0 Å². The number of hydrogen-bond donors (Lipinski definition) is 3. The molecule has 6 rings (SSSR count). The molecular formula is C23H22FN5O2. The van der Waals surface area contributed by atoms with Crippen LogP contribution in [0.15, 0.2) is 52.6 Å². The van der Waals surface area contributed by atoms with Crippen LogP contribution in [0.1, 0.15) is 17.5 Å². The molecule has 2 atom stereocenters. The van der Waals surface area contributed by atoms with Crippen molar-refractivity contribution in [2.45, 2.75) is 18.5 Å². The fraction of sp³-hybridized carbons (Fsp3) is 0.304. The van der Waals surface area contributed by atoms with Crippen molar-refractivity contribution < 1.29 is 14.3 Å². The first-order valence-corrected chi connectivity index (χ1v) is 10.5. The molecule has 3 N–H and O–H groups in total. The van der Waals surface area contributed by atoms with Crippen LogP contribution in [0.25, 0.3) is 10.9 Å². The first-order chi connectivity index (χ1) is 15.2. The van der Waals surface area contributed by atoms with Gasteiger partial charge >= 0.3 is 0 Å². The molecule has 3 aliphatic heterocycles. The number of H-pyrrole nitrogens is 1. The van der Waals surface area contributed by atoms with Crippen molar-refractivity contribution >= 4 is 28.0 Å². The molecular weight excluding hydrogens is 397 g/mol. The Bertz CT molecular complexity index is 1230. The quantitative estimate of drug-likeness (QED) is 0.439. The number of aliphatic imine (C=N–C) groups is 1. The van der Waals surface area contributed by atoms with Gasteiger partial charge in [-0.15, -0.1) is 0 Å². The second-order valence-corrected chi connectivity index (χ2v) is 8.28. The SMILES string of the molecule is Oc1[nH]c2ccc(F)cc2c1C1=Nc2ccccc2C1=NOCCN1C[C@@H]2C[C@H]1CN2. The van der Waals surface area contributed by atoms with Crippen LogP contribution in [0.3, 0.4) is 0 Å². The molecule has 2 fully saturated rings. The summed E-state index contributed by atoms with van der Waals surface area (Å²) in [6, 6.07) is 13.1. The van der Waals surface area contributed by atoms with E-state index in [-0.39, 0.29) is 11.7 Å². The summed E-state index contributed by atoms with van der Waals surface area (Å²) in [5.74, 6) is -0.451. The topological polar surface area (TPSA) is 85.2 Å². The molecule has 0 saturated carbocycles. The van der Waals surface area contributed by atoms with E-state index in [0.717, 1.165) is 30.9 Å². The number of fused-ring (bicyclic) bond motifs is 4. The number of benzene rings is 2. The van der Waals surface area contributed by atoms with Crippen molar-refractivity contribution in [3.8, 4) is 5.88 Å². The fourth-order valence-corrected chi connectivity index (χ4v) is 4.92. The molecule has 8 heteroatoms. The average Bonchev–Trinajstić information content (AvgIpc) is 3.52. The minimum Gasteiger partial charge on any atom is -0.494 e. The number of oxime groups is 1. The van der Waals surface area contributed by atoms with Gasteiger partial charge in [-0.2, -0.15) is 0 Å². The standard InChI is InChI=1S/C23H22FN5O2/c24-13-5-6-19-17(9-13)20(23(30)27-19)22-21(16-3-1-2-4-18(16)26-22)28-31-8-7-29-12-14-10-15(29)11-25-14/h1-6,9,14-15,25,27,30H,7-8,10-12H2/t14-,15-/m0/s1. The fourth-order valence-electron chi connectivity index (χ4n) is 4.92. The highest BCUT2D eigenvalue weighted by atomic mass is 19.1. The maximum Gasteiger partial charge on any atom is 0.199 e. The summed E-state index contributed by atoms with van der Waals surface area (Å²) in [4.78, 5) is 15.8. The maximum atomic E-state index is 13.9. The van der Waals surface area contributed by atoms with E-state index < -0.39 is 0 Å². The zero-order chi connectivity index (χ0) is 20.9. The summed E-state index contributed by atoms with van der Waals surface area (Å²) < 4.78 is 13.9. The molecule has 2 bridgehead atoms. The third-order valence-electron chi connectivity index (χ3n) is 6.39. The summed E-state index contributed by atoms with van der Waals surface area (Å²) >= 11 is 0. The van der Waals surface area contributed by atoms with Gasteiger partial charge in [-0.3, -0.25) is 4.90 Å². The van der Waals surface area contributed by atoms with E-state index in [0.29, 0.717) is 46.6 Å². The highest BCUT2D eigenvalue weighted by Gasteiger charge is 2.37. The van der Waals surface area contributed by atoms with Crippen LogP contribution in [-0.4, -0.2) is 64.7 Å². The smallest absolute Gasteiger partial charge is 0.199 e. The molecule has 1 aromatic heterocycles. The van der Waals surface area contributed by atoms with Crippen LogP contribution in [0, 0.1) is 5.82 Å². The summed E-state index contributed by atoms with van der Waals surface area (Å²) in [6.07, 6.45) is 1.20. The van der Waals surface area contributed by atoms with Crippen LogP contribution in [-0.2, 0) is 4.84 Å². The highest BCUT2D eigenvalue weighted by molar-refractivity contribution is 6.58. The third-order valence-corrected chi connectivity index (χ3v) is 6.39. The minimum absolute atomic E-state index is 0.0690. The van der Waals surface area contributed by atoms with Crippen molar-refractivity contribution in [2.24, 2.45) is 10.1 Å². The number of aromatic amines is 1. The summed E-state index contributed by atoms with van der Waals surface area (Å²) in [5.41, 5.74) is 3.64. The molecule has 31 heavy (non-hydrogen) atoms. The lowest BCUT2D eigenvalue weighted by atomic mass is 10.0. The minimum atomic E-state index is -0.381. The van der Waals surface area contributed by atoms with E-state index in [2.05, 4.69) is 25.3 Å². The van der Waals surface area contributed by atoms with Crippen molar-refractivity contribution in [1.29, 1.82) is 0 Å². The molecule has 0 unspecified atom stereocenters. The molecule has 3 aliphatic rings. The second-order valence-electron chi connectivity index (χ2n) is 8.28. The van der Waals surface area contributed by atoms with Gasteiger partial charge in [-0.1, -0.05) is 23.4 Å². The Labute approximate surface area is 178 Å². The molecule has 3 aromatic rings. The molecule has 0 radical (unpaired) electrons. The van der Waals surface area contributed by atoms with Crippen molar-refractivity contribution in [2.75, 3.05) is 26.2 Å². The third kappa shape index (κ3) is 3.10. The monoisotopic (exact) mass is 419 g/mol. The lowest BCUT2D eigenvalue weighted by Gasteiger charge is -2.26. The normalized spacial score (nSPS) is 23.6. The zero-order valence-electron chi connectivity index (χ0n) is 16.8. The molecule has 158 valence electrons. The second kappa shape index (κ2) is 7.18. The van der Waals surface area contributed by atoms with Crippen molar-refractivity contribution in [1.82, 2.24) is 15.2 Å².